The maximum absolute atomic E-state index is 2.53. The van der Waals surface area contributed by atoms with E-state index in [2.05, 4.69) is 20.8 Å². The third-order valence-corrected chi connectivity index (χ3v) is 4.91. The molecule has 2 fully saturated rings. The molecule has 0 radical (unpaired) electrons. The van der Waals surface area contributed by atoms with Crippen molar-refractivity contribution in [2.75, 3.05) is 0 Å². The van der Waals surface area contributed by atoms with E-state index in [9.17, 15) is 0 Å². The third kappa shape index (κ3) is 1.53. The van der Waals surface area contributed by atoms with Gasteiger partial charge in [0.2, 0.25) is 0 Å². The highest BCUT2D eigenvalue weighted by molar-refractivity contribution is 4.97. The van der Waals surface area contributed by atoms with Crippen molar-refractivity contribution in [3.63, 3.8) is 0 Å². The van der Waals surface area contributed by atoms with Gasteiger partial charge in [-0.25, -0.2) is 0 Å². The van der Waals surface area contributed by atoms with Crippen LogP contribution in [-0.2, 0) is 0 Å². The summed E-state index contributed by atoms with van der Waals surface area (Å²) < 4.78 is 0. The van der Waals surface area contributed by atoms with Crippen LogP contribution >= 0.6 is 0 Å². The van der Waals surface area contributed by atoms with Gasteiger partial charge in [-0.1, -0.05) is 33.6 Å². The first kappa shape index (κ1) is 9.55. The molecule has 0 saturated heterocycles. The predicted molar refractivity (Wildman–Crippen MR) is 57.7 cm³/mol. The lowest BCUT2D eigenvalue weighted by Gasteiger charge is -2.53. The largest absolute Gasteiger partial charge is 0.0622 e. The van der Waals surface area contributed by atoms with Gasteiger partial charge in [0.15, 0.2) is 0 Å². The quantitative estimate of drug-likeness (QED) is 0.561. The van der Waals surface area contributed by atoms with Crippen molar-refractivity contribution in [3.8, 4) is 0 Å². The Morgan fingerprint density at radius 3 is 1.85 bits per heavy atom. The first-order valence-corrected chi connectivity index (χ1v) is 6.06. The summed E-state index contributed by atoms with van der Waals surface area (Å²) in [7, 11) is 0. The van der Waals surface area contributed by atoms with Gasteiger partial charge in [-0.15, -0.1) is 0 Å². The Morgan fingerprint density at radius 1 is 0.923 bits per heavy atom. The molecule has 2 saturated carbocycles. The summed E-state index contributed by atoms with van der Waals surface area (Å²) in [6, 6.07) is 0. The van der Waals surface area contributed by atoms with Gasteiger partial charge < -0.3 is 0 Å². The summed E-state index contributed by atoms with van der Waals surface area (Å²) in [6.07, 6.45) is 10.5. The highest BCUT2D eigenvalue weighted by Crippen LogP contribution is 2.58. The van der Waals surface area contributed by atoms with E-state index in [0.29, 0.717) is 0 Å². The number of fused-ring (bicyclic) bond motifs is 2. The molecule has 13 heavy (non-hydrogen) atoms. The lowest BCUT2D eigenvalue weighted by molar-refractivity contribution is -0.0200. The minimum absolute atomic E-state index is 0.723. The molecule has 0 aromatic rings. The Balaban J connectivity index is 2.20. The maximum Gasteiger partial charge on any atom is -0.0269 e. The van der Waals surface area contributed by atoms with Crippen LogP contribution in [0.4, 0.5) is 0 Å². The van der Waals surface area contributed by atoms with Gasteiger partial charge in [-0.3, -0.25) is 0 Å². The number of rotatable bonds is 1. The zero-order valence-electron chi connectivity index (χ0n) is 9.53. The molecule has 0 aliphatic heterocycles. The van der Waals surface area contributed by atoms with Crippen molar-refractivity contribution in [1.29, 1.82) is 0 Å². The van der Waals surface area contributed by atoms with Crippen LogP contribution in [0.15, 0.2) is 0 Å². The Morgan fingerprint density at radius 2 is 1.46 bits per heavy atom. The van der Waals surface area contributed by atoms with Crippen LogP contribution in [0.2, 0.25) is 0 Å². The fourth-order valence-corrected chi connectivity index (χ4v) is 3.97. The Hall–Kier alpha value is 0. The van der Waals surface area contributed by atoms with Crippen molar-refractivity contribution >= 4 is 0 Å². The SMILES string of the molecule is CC(C)C12CCCC(C)(CCC1)C2. The summed E-state index contributed by atoms with van der Waals surface area (Å²) >= 11 is 0. The molecule has 0 heterocycles. The summed E-state index contributed by atoms with van der Waals surface area (Å²) in [5, 5.41) is 0. The van der Waals surface area contributed by atoms with Crippen LogP contribution in [0.5, 0.6) is 0 Å². The van der Waals surface area contributed by atoms with Crippen molar-refractivity contribution in [1.82, 2.24) is 0 Å². The molecular formula is C13H24. The minimum atomic E-state index is 0.723. The van der Waals surface area contributed by atoms with Gasteiger partial charge in [0, 0.05) is 0 Å². The number of hydrogen-bond acceptors (Lipinski definition) is 0. The maximum atomic E-state index is 2.53. The zero-order chi connectivity index (χ0) is 9.53. The molecule has 76 valence electrons. The highest BCUT2D eigenvalue weighted by Gasteiger charge is 2.46. The van der Waals surface area contributed by atoms with Crippen molar-refractivity contribution in [3.05, 3.63) is 0 Å². The molecule has 2 rings (SSSR count). The van der Waals surface area contributed by atoms with Crippen LogP contribution in [0, 0.1) is 16.7 Å². The Bertz CT molecular complexity index is 180. The standard InChI is InChI=1S/C13H24/c1-11(2)13-8-4-6-12(3,10-13)7-5-9-13/h11H,4-10H2,1-3H3. The minimum Gasteiger partial charge on any atom is -0.0622 e. The zero-order valence-corrected chi connectivity index (χ0v) is 9.53. The van der Waals surface area contributed by atoms with Gasteiger partial charge in [0.25, 0.3) is 0 Å². The van der Waals surface area contributed by atoms with Gasteiger partial charge in [0.1, 0.15) is 0 Å². The second-order valence-electron chi connectivity index (χ2n) is 6.21. The summed E-state index contributed by atoms with van der Waals surface area (Å²) in [5.41, 5.74) is 1.46. The van der Waals surface area contributed by atoms with Crippen LogP contribution in [0.1, 0.15) is 65.7 Å². The van der Waals surface area contributed by atoms with Crippen molar-refractivity contribution in [2.45, 2.75) is 65.7 Å². The van der Waals surface area contributed by atoms with E-state index in [4.69, 9.17) is 0 Å². The normalized spacial score (nSPS) is 45.2. The second-order valence-corrected chi connectivity index (χ2v) is 6.21. The third-order valence-electron chi connectivity index (χ3n) is 4.91. The van der Waals surface area contributed by atoms with E-state index in [1.54, 1.807) is 0 Å². The monoisotopic (exact) mass is 180 g/mol. The fourth-order valence-electron chi connectivity index (χ4n) is 3.97. The summed E-state index contributed by atoms with van der Waals surface area (Å²) in [6.45, 7) is 7.41. The van der Waals surface area contributed by atoms with Crippen LogP contribution < -0.4 is 0 Å². The molecule has 0 aromatic carbocycles. The van der Waals surface area contributed by atoms with Gasteiger partial charge >= 0.3 is 0 Å². The Kier molecular flexibility index (Phi) is 2.20. The van der Waals surface area contributed by atoms with E-state index < -0.39 is 0 Å². The summed E-state index contributed by atoms with van der Waals surface area (Å²) in [4.78, 5) is 0. The predicted octanol–water partition coefficient (Wildman–Crippen LogP) is 4.39. The molecule has 0 heteroatoms. The first-order chi connectivity index (χ1) is 6.06. The molecule has 2 aliphatic carbocycles. The smallest absolute Gasteiger partial charge is 0.0269 e. The van der Waals surface area contributed by atoms with E-state index >= 15 is 0 Å². The van der Waals surface area contributed by atoms with Crippen molar-refractivity contribution < 1.29 is 0 Å². The number of hydrogen-bond donors (Lipinski definition) is 0. The molecule has 0 amide bonds. The van der Waals surface area contributed by atoms with Crippen LogP contribution in [0.3, 0.4) is 0 Å². The Labute approximate surface area is 83.1 Å². The molecule has 2 bridgehead atoms. The van der Waals surface area contributed by atoms with Gasteiger partial charge in [-0.2, -0.15) is 0 Å². The lowest BCUT2D eigenvalue weighted by atomic mass is 9.52. The molecule has 0 atom stereocenters. The first-order valence-electron chi connectivity index (χ1n) is 6.06. The van der Waals surface area contributed by atoms with Gasteiger partial charge in [-0.05, 0) is 48.9 Å². The molecule has 2 aliphatic rings. The van der Waals surface area contributed by atoms with E-state index in [1.165, 1.54) is 44.9 Å². The average Bonchev–Trinajstić information content (AvgIpc) is 2.02. The lowest BCUT2D eigenvalue weighted by Crippen LogP contribution is -2.42. The topological polar surface area (TPSA) is 0 Å². The highest BCUT2D eigenvalue weighted by atomic mass is 14.5. The van der Waals surface area contributed by atoms with Crippen LogP contribution in [-0.4, -0.2) is 0 Å². The average molecular weight is 180 g/mol. The second kappa shape index (κ2) is 3.00. The fraction of sp³-hybridized carbons (Fsp3) is 1.00. The van der Waals surface area contributed by atoms with E-state index in [-0.39, 0.29) is 0 Å². The van der Waals surface area contributed by atoms with Gasteiger partial charge in [0.05, 0.1) is 0 Å². The van der Waals surface area contributed by atoms with E-state index in [0.717, 1.165) is 16.7 Å². The summed E-state index contributed by atoms with van der Waals surface area (Å²) in [5.74, 6) is 0.910. The van der Waals surface area contributed by atoms with Crippen LogP contribution in [0.25, 0.3) is 0 Å². The van der Waals surface area contributed by atoms with Crippen molar-refractivity contribution in [2.24, 2.45) is 16.7 Å². The van der Waals surface area contributed by atoms with E-state index in [1.807, 2.05) is 0 Å². The molecule has 0 aromatic heterocycles. The molecule has 0 N–H and O–H groups in total. The molecular weight excluding hydrogens is 156 g/mol. The molecule has 0 nitrogen and oxygen atoms in total. The molecule has 0 spiro atoms. The molecule has 0 unspecified atom stereocenters.